The topological polar surface area (TPSA) is 45.2 Å². The van der Waals surface area contributed by atoms with E-state index in [1.807, 2.05) is 36.9 Å². The first-order chi connectivity index (χ1) is 8.83. The van der Waals surface area contributed by atoms with E-state index in [2.05, 4.69) is 24.1 Å². The third-order valence-electron chi connectivity index (χ3n) is 3.86. The number of carbonyl (C=O) groups is 1. The number of amides is 1. The molecule has 0 spiro atoms. The highest BCUT2D eigenvalue weighted by molar-refractivity contribution is 5.86. The van der Waals surface area contributed by atoms with Crippen molar-refractivity contribution in [3.8, 4) is 0 Å². The summed E-state index contributed by atoms with van der Waals surface area (Å²) < 4.78 is 0. The molecule has 0 atom stereocenters. The van der Waals surface area contributed by atoms with Gasteiger partial charge >= 0.3 is 0 Å². The highest BCUT2D eigenvalue weighted by Crippen LogP contribution is 2.27. The number of aromatic nitrogens is 1. The maximum absolute atomic E-state index is 12.7. The molecule has 19 heavy (non-hydrogen) atoms. The summed E-state index contributed by atoms with van der Waals surface area (Å²) in [4.78, 5) is 19.0. The molecule has 1 amide bonds. The summed E-state index contributed by atoms with van der Waals surface area (Å²) in [6.45, 7) is 9.56. The number of hydrogen-bond acceptors (Lipinski definition) is 3. The van der Waals surface area contributed by atoms with Crippen LogP contribution < -0.4 is 5.32 Å². The molecule has 104 valence electrons. The van der Waals surface area contributed by atoms with Crippen molar-refractivity contribution < 1.29 is 4.79 Å². The molecular formula is C15H23N3O. The normalized spacial score (nSPS) is 22.1. The summed E-state index contributed by atoms with van der Waals surface area (Å²) in [5, 5.41) is 3.33. The van der Waals surface area contributed by atoms with Gasteiger partial charge in [0.15, 0.2) is 0 Å². The van der Waals surface area contributed by atoms with E-state index in [9.17, 15) is 4.79 Å². The Labute approximate surface area is 115 Å². The van der Waals surface area contributed by atoms with Gasteiger partial charge in [0, 0.05) is 11.7 Å². The first-order valence-electron chi connectivity index (χ1n) is 6.80. The van der Waals surface area contributed by atoms with Gasteiger partial charge in [0.05, 0.1) is 17.8 Å². The van der Waals surface area contributed by atoms with E-state index in [0.717, 1.165) is 18.7 Å². The Morgan fingerprint density at radius 1 is 1.32 bits per heavy atom. The summed E-state index contributed by atoms with van der Waals surface area (Å²) >= 11 is 0. The van der Waals surface area contributed by atoms with Gasteiger partial charge in [-0.2, -0.15) is 0 Å². The number of rotatable bonds is 2. The van der Waals surface area contributed by atoms with E-state index in [-0.39, 0.29) is 11.4 Å². The van der Waals surface area contributed by atoms with Crippen LogP contribution in [0.2, 0.25) is 0 Å². The zero-order valence-electron chi connectivity index (χ0n) is 12.2. The van der Waals surface area contributed by atoms with Crippen LogP contribution in [0.15, 0.2) is 24.4 Å². The van der Waals surface area contributed by atoms with Gasteiger partial charge in [-0.25, -0.2) is 0 Å². The molecule has 0 aromatic carbocycles. The molecule has 4 heteroatoms. The fourth-order valence-electron chi connectivity index (χ4n) is 2.44. The van der Waals surface area contributed by atoms with Crippen molar-refractivity contribution in [3.63, 3.8) is 0 Å². The van der Waals surface area contributed by atoms with Crippen LogP contribution in [0.25, 0.3) is 0 Å². The van der Waals surface area contributed by atoms with Crippen molar-refractivity contribution in [2.45, 2.75) is 51.7 Å². The van der Waals surface area contributed by atoms with Gasteiger partial charge in [0.1, 0.15) is 0 Å². The average Bonchev–Trinajstić information content (AvgIpc) is 2.41. The van der Waals surface area contributed by atoms with Crippen molar-refractivity contribution in [1.29, 1.82) is 0 Å². The molecule has 0 saturated carbocycles. The Bertz CT molecular complexity index is 454. The van der Waals surface area contributed by atoms with Crippen LogP contribution in [0, 0.1) is 0 Å². The third kappa shape index (κ3) is 2.95. The lowest BCUT2D eigenvalue weighted by atomic mass is 9.96. The van der Waals surface area contributed by atoms with Gasteiger partial charge in [-0.1, -0.05) is 6.07 Å². The zero-order valence-corrected chi connectivity index (χ0v) is 12.2. The highest BCUT2D eigenvalue weighted by atomic mass is 16.2. The second-order valence-corrected chi connectivity index (χ2v) is 6.33. The second kappa shape index (κ2) is 4.93. The molecule has 1 saturated heterocycles. The summed E-state index contributed by atoms with van der Waals surface area (Å²) in [6.07, 6.45) is 2.71. The van der Waals surface area contributed by atoms with Gasteiger partial charge < -0.3 is 10.2 Å². The van der Waals surface area contributed by atoms with Gasteiger partial charge in [-0.15, -0.1) is 0 Å². The molecule has 4 nitrogen and oxygen atoms in total. The lowest BCUT2D eigenvalue weighted by Gasteiger charge is -2.39. The first-order valence-corrected chi connectivity index (χ1v) is 6.80. The number of carbonyl (C=O) groups excluding carboxylic acids is 1. The summed E-state index contributed by atoms with van der Waals surface area (Å²) in [7, 11) is 0. The Morgan fingerprint density at radius 2 is 2.05 bits per heavy atom. The van der Waals surface area contributed by atoms with Crippen molar-refractivity contribution in [1.82, 2.24) is 15.2 Å². The van der Waals surface area contributed by atoms with Crippen molar-refractivity contribution in [3.05, 3.63) is 30.1 Å². The standard InChI is InChI=1S/C15H23N3O/c1-14(2)8-10-17-15(3,4)13(19)18(14)11-12-7-5-6-9-16-12/h5-7,9,17H,8,10-11H2,1-4H3. The van der Waals surface area contributed by atoms with Crippen LogP contribution in [0.5, 0.6) is 0 Å². The molecule has 1 N–H and O–H groups in total. The molecule has 2 heterocycles. The summed E-state index contributed by atoms with van der Waals surface area (Å²) in [5.74, 6) is 0.139. The summed E-state index contributed by atoms with van der Waals surface area (Å²) in [6, 6.07) is 5.82. The van der Waals surface area contributed by atoms with Crippen molar-refractivity contribution in [2.24, 2.45) is 0 Å². The Balaban J connectivity index is 2.29. The quantitative estimate of drug-likeness (QED) is 0.885. The maximum Gasteiger partial charge on any atom is 0.243 e. The number of nitrogens with one attached hydrogen (secondary N) is 1. The van der Waals surface area contributed by atoms with Crippen LogP contribution in [-0.4, -0.2) is 33.4 Å². The molecule has 0 unspecified atom stereocenters. The second-order valence-electron chi connectivity index (χ2n) is 6.33. The lowest BCUT2D eigenvalue weighted by Crippen LogP contribution is -2.55. The van der Waals surface area contributed by atoms with Crippen LogP contribution in [0.1, 0.15) is 39.8 Å². The predicted molar refractivity (Wildman–Crippen MR) is 75.6 cm³/mol. The minimum Gasteiger partial charge on any atom is -0.330 e. The van der Waals surface area contributed by atoms with Gasteiger partial charge in [-0.3, -0.25) is 9.78 Å². The van der Waals surface area contributed by atoms with E-state index in [1.165, 1.54) is 0 Å². The fourth-order valence-corrected chi connectivity index (χ4v) is 2.44. The van der Waals surface area contributed by atoms with Crippen LogP contribution in [0.3, 0.4) is 0 Å². The molecule has 0 aliphatic carbocycles. The molecule has 1 aliphatic heterocycles. The minimum absolute atomic E-state index is 0.139. The number of hydrogen-bond donors (Lipinski definition) is 1. The largest absolute Gasteiger partial charge is 0.330 e. The molecule has 2 rings (SSSR count). The van der Waals surface area contributed by atoms with Crippen LogP contribution in [0.4, 0.5) is 0 Å². The highest BCUT2D eigenvalue weighted by Gasteiger charge is 2.41. The maximum atomic E-state index is 12.7. The van der Waals surface area contributed by atoms with E-state index in [0.29, 0.717) is 6.54 Å². The predicted octanol–water partition coefficient (Wildman–Crippen LogP) is 1.96. The van der Waals surface area contributed by atoms with E-state index < -0.39 is 5.54 Å². The van der Waals surface area contributed by atoms with E-state index >= 15 is 0 Å². The number of nitrogens with zero attached hydrogens (tertiary/aromatic N) is 2. The molecule has 0 bridgehead atoms. The molecular weight excluding hydrogens is 238 g/mol. The van der Waals surface area contributed by atoms with Gasteiger partial charge in [-0.05, 0) is 52.8 Å². The molecule has 1 aromatic rings. The fraction of sp³-hybridized carbons (Fsp3) is 0.600. The molecule has 1 fully saturated rings. The minimum atomic E-state index is -0.511. The van der Waals surface area contributed by atoms with E-state index in [4.69, 9.17) is 0 Å². The Morgan fingerprint density at radius 3 is 2.68 bits per heavy atom. The first kappa shape index (κ1) is 14.0. The Hall–Kier alpha value is -1.42. The SMILES string of the molecule is CC1(C)NCCC(C)(C)N(Cc2ccccn2)C1=O. The summed E-state index contributed by atoms with van der Waals surface area (Å²) in [5.41, 5.74) is 0.263. The smallest absolute Gasteiger partial charge is 0.243 e. The van der Waals surface area contributed by atoms with Crippen LogP contribution in [-0.2, 0) is 11.3 Å². The third-order valence-corrected chi connectivity index (χ3v) is 3.86. The van der Waals surface area contributed by atoms with Crippen LogP contribution >= 0.6 is 0 Å². The van der Waals surface area contributed by atoms with Crippen molar-refractivity contribution in [2.75, 3.05) is 6.54 Å². The molecule has 0 radical (unpaired) electrons. The Kier molecular flexibility index (Phi) is 3.63. The zero-order chi connectivity index (χ0) is 14.1. The van der Waals surface area contributed by atoms with E-state index in [1.54, 1.807) is 6.20 Å². The molecule has 1 aromatic heterocycles. The lowest BCUT2D eigenvalue weighted by molar-refractivity contribution is -0.141. The van der Waals surface area contributed by atoms with Gasteiger partial charge in [0.2, 0.25) is 5.91 Å². The average molecular weight is 261 g/mol. The van der Waals surface area contributed by atoms with Gasteiger partial charge in [0.25, 0.3) is 0 Å². The number of pyridine rings is 1. The van der Waals surface area contributed by atoms with Crippen molar-refractivity contribution >= 4 is 5.91 Å². The monoisotopic (exact) mass is 261 g/mol. The molecule has 1 aliphatic rings.